The first kappa shape index (κ1) is 17.4. The summed E-state index contributed by atoms with van der Waals surface area (Å²) in [6.45, 7) is 0. The maximum atomic E-state index is 13.4. The Morgan fingerprint density at radius 2 is 1.85 bits per heavy atom. The molecule has 1 N–H and O–H groups in total. The number of hydrogen-bond acceptors (Lipinski definition) is 4. The van der Waals surface area contributed by atoms with Crippen LogP contribution in [0.3, 0.4) is 0 Å². The number of hydrogen-bond donors (Lipinski definition) is 1. The van der Waals surface area contributed by atoms with E-state index in [0.717, 1.165) is 28.8 Å². The number of aromatic nitrogens is 1. The lowest BCUT2D eigenvalue weighted by molar-refractivity contribution is 0.103. The highest BCUT2D eigenvalue weighted by Gasteiger charge is 2.18. The first-order valence-electron chi connectivity index (χ1n) is 7.36. The zero-order valence-corrected chi connectivity index (χ0v) is 13.9. The van der Waals surface area contributed by atoms with Gasteiger partial charge in [-0.2, -0.15) is 5.26 Å². The lowest BCUT2D eigenvalue weighted by Gasteiger charge is -2.10. The molecule has 0 atom stereocenters. The van der Waals surface area contributed by atoms with Crippen LogP contribution in [0.5, 0.6) is 5.75 Å². The van der Waals surface area contributed by atoms with Crippen molar-refractivity contribution in [3.05, 3.63) is 92.6 Å². The summed E-state index contributed by atoms with van der Waals surface area (Å²) in [4.78, 5) is 25.1. The van der Waals surface area contributed by atoms with Gasteiger partial charge < -0.3 is 5.11 Å². The Morgan fingerprint density at radius 3 is 2.50 bits per heavy atom. The Morgan fingerprint density at radius 1 is 1.15 bits per heavy atom. The predicted octanol–water partition coefficient (Wildman–Crippen LogP) is 3.44. The number of rotatable bonds is 3. The maximum absolute atomic E-state index is 13.4. The van der Waals surface area contributed by atoms with E-state index in [0.29, 0.717) is 10.7 Å². The molecule has 0 unspecified atom stereocenters. The summed E-state index contributed by atoms with van der Waals surface area (Å²) in [6.07, 6.45) is 1.24. The minimum Gasteiger partial charge on any atom is -0.507 e. The van der Waals surface area contributed by atoms with Gasteiger partial charge in [-0.15, -0.1) is 0 Å². The Balaban J connectivity index is 2.20. The van der Waals surface area contributed by atoms with Gasteiger partial charge >= 0.3 is 0 Å². The average molecular weight is 369 g/mol. The molecule has 128 valence electrons. The molecule has 3 rings (SSSR count). The molecule has 0 spiro atoms. The first-order chi connectivity index (χ1) is 12.4. The van der Waals surface area contributed by atoms with Crippen LogP contribution in [0.4, 0.5) is 4.39 Å². The van der Waals surface area contributed by atoms with Crippen molar-refractivity contribution >= 4 is 17.4 Å². The van der Waals surface area contributed by atoms with Crippen LogP contribution >= 0.6 is 11.6 Å². The Labute approximate surface area is 152 Å². The topological polar surface area (TPSA) is 83.1 Å². The van der Waals surface area contributed by atoms with Gasteiger partial charge in [-0.05, 0) is 48.5 Å². The number of benzene rings is 2. The predicted molar refractivity (Wildman–Crippen MR) is 93.3 cm³/mol. The number of nitrogens with zero attached hydrogens (tertiary/aromatic N) is 2. The highest BCUT2D eigenvalue weighted by Crippen LogP contribution is 2.22. The van der Waals surface area contributed by atoms with E-state index >= 15 is 0 Å². The van der Waals surface area contributed by atoms with Crippen molar-refractivity contribution in [2.75, 3.05) is 0 Å². The largest absolute Gasteiger partial charge is 0.507 e. The molecular weight excluding hydrogens is 359 g/mol. The van der Waals surface area contributed by atoms with E-state index in [-0.39, 0.29) is 16.7 Å². The third-order valence-electron chi connectivity index (χ3n) is 3.71. The third-order valence-corrected chi connectivity index (χ3v) is 3.96. The summed E-state index contributed by atoms with van der Waals surface area (Å²) >= 11 is 5.83. The Hall–Kier alpha value is -3.43. The summed E-state index contributed by atoms with van der Waals surface area (Å²) in [5.74, 6) is -1.82. The summed E-state index contributed by atoms with van der Waals surface area (Å²) in [7, 11) is 0. The molecule has 0 aliphatic carbocycles. The van der Waals surface area contributed by atoms with E-state index in [4.69, 9.17) is 11.6 Å². The van der Waals surface area contributed by atoms with Crippen molar-refractivity contribution in [1.82, 2.24) is 4.57 Å². The van der Waals surface area contributed by atoms with Crippen LogP contribution in [-0.2, 0) is 0 Å². The summed E-state index contributed by atoms with van der Waals surface area (Å²) < 4.78 is 14.6. The highest BCUT2D eigenvalue weighted by atomic mass is 35.5. The van der Waals surface area contributed by atoms with Crippen molar-refractivity contribution in [3.8, 4) is 17.5 Å². The van der Waals surface area contributed by atoms with Crippen molar-refractivity contribution in [1.29, 1.82) is 5.26 Å². The SMILES string of the molecule is N#Cc1cc(C(=O)c2cc(F)ccc2O)cn(-c2ccc(Cl)cc2)c1=O. The summed E-state index contributed by atoms with van der Waals surface area (Å²) in [6, 6.07) is 12.0. The number of phenolic OH excluding ortho intramolecular Hbond substituents is 1. The van der Waals surface area contributed by atoms with Gasteiger partial charge in [0.15, 0.2) is 5.78 Å². The van der Waals surface area contributed by atoms with Gasteiger partial charge in [-0.1, -0.05) is 11.6 Å². The molecule has 3 aromatic rings. The molecule has 1 aromatic heterocycles. The molecule has 0 radical (unpaired) electrons. The molecule has 0 amide bonds. The number of aromatic hydroxyl groups is 1. The van der Waals surface area contributed by atoms with Crippen LogP contribution in [0.15, 0.2) is 59.5 Å². The minimum atomic E-state index is -0.721. The standard InChI is InChI=1S/C19H10ClFN2O3/c20-13-1-4-15(5-2-13)23-10-12(7-11(9-22)19(23)26)18(25)16-8-14(21)3-6-17(16)24/h1-8,10,24H. The van der Waals surface area contributed by atoms with E-state index in [9.17, 15) is 24.3 Å². The number of carbonyl (C=O) groups excluding carboxylic acids is 1. The number of phenols is 1. The molecule has 26 heavy (non-hydrogen) atoms. The van der Waals surface area contributed by atoms with E-state index in [1.54, 1.807) is 30.3 Å². The van der Waals surface area contributed by atoms with Crippen LogP contribution < -0.4 is 5.56 Å². The van der Waals surface area contributed by atoms with E-state index in [1.165, 1.54) is 6.20 Å². The van der Waals surface area contributed by atoms with Gasteiger partial charge in [0.05, 0.1) is 5.56 Å². The van der Waals surface area contributed by atoms with Crippen LogP contribution in [-0.4, -0.2) is 15.5 Å². The second-order valence-corrected chi connectivity index (χ2v) is 5.83. The Kier molecular flexibility index (Phi) is 4.57. The molecule has 7 heteroatoms. The van der Waals surface area contributed by atoms with Crippen molar-refractivity contribution in [2.45, 2.75) is 0 Å². The molecule has 0 fully saturated rings. The maximum Gasteiger partial charge on any atom is 0.273 e. The highest BCUT2D eigenvalue weighted by molar-refractivity contribution is 6.30. The second-order valence-electron chi connectivity index (χ2n) is 5.40. The molecule has 0 aliphatic rings. The lowest BCUT2D eigenvalue weighted by atomic mass is 10.0. The van der Waals surface area contributed by atoms with Crippen molar-refractivity contribution in [3.63, 3.8) is 0 Å². The van der Waals surface area contributed by atoms with E-state index < -0.39 is 22.9 Å². The van der Waals surface area contributed by atoms with Crippen LogP contribution in [0.25, 0.3) is 5.69 Å². The van der Waals surface area contributed by atoms with Crippen LogP contribution in [0, 0.1) is 17.1 Å². The molecule has 0 saturated carbocycles. The van der Waals surface area contributed by atoms with Gasteiger partial charge in [0.25, 0.3) is 5.56 Å². The quantitative estimate of drug-likeness (QED) is 0.718. The fourth-order valence-corrected chi connectivity index (χ4v) is 2.55. The second kappa shape index (κ2) is 6.82. The number of ketones is 1. The molecular formula is C19H10ClFN2O3. The molecule has 5 nitrogen and oxygen atoms in total. The normalized spacial score (nSPS) is 10.3. The minimum absolute atomic E-state index is 0.0444. The number of carbonyl (C=O) groups is 1. The van der Waals surface area contributed by atoms with E-state index in [1.807, 2.05) is 0 Å². The summed E-state index contributed by atoms with van der Waals surface area (Å²) in [5, 5.41) is 19.5. The molecule has 2 aromatic carbocycles. The zero-order valence-electron chi connectivity index (χ0n) is 13.1. The number of halogens is 2. The molecule has 0 bridgehead atoms. The van der Waals surface area contributed by atoms with Crippen LogP contribution in [0.2, 0.25) is 5.02 Å². The van der Waals surface area contributed by atoms with Crippen LogP contribution in [0.1, 0.15) is 21.5 Å². The summed E-state index contributed by atoms with van der Waals surface area (Å²) in [5.41, 5.74) is -0.794. The monoisotopic (exact) mass is 368 g/mol. The smallest absolute Gasteiger partial charge is 0.273 e. The van der Waals surface area contributed by atoms with Crippen molar-refractivity contribution < 1.29 is 14.3 Å². The number of pyridine rings is 1. The third kappa shape index (κ3) is 3.21. The fraction of sp³-hybridized carbons (Fsp3) is 0. The average Bonchev–Trinajstić information content (AvgIpc) is 2.64. The molecule has 0 aliphatic heterocycles. The van der Waals surface area contributed by atoms with Gasteiger partial charge in [-0.25, -0.2) is 4.39 Å². The fourth-order valence-electron chi connectivity index (χ4n) is 2.43. The molecule has 0 saturated heterocycles. The lowest BCUT2D eigenvalue weighted by Crippen LogP contribution is -2.22. The first-order valence-corrected chi connectivity index (χ1v) is 7.74. The van der Waals surface area contributed by atoms with Gasteiger partial charge in [0.1, 0.15) is 23.2 Å². The van der Waals surface area contributed by atoms with E-state index in [2.05, 4.69) is 0 Å². The van der Waals surface area contributed by atoms with Gasteiger partial charge in [0, 0.05) is 22.5 Å². The Bertz CT molecular complexity index is 1120. The van der Waals surface area contributed by atoms with Gasteiger partial charge in [-0.3, -0.25) is 14.2 Å². The van der Waals surface area contributed by atoms with Crippen molar-refractivity contribution in [2.24, 2.45) is 0 Å². The van der Waals surface area contributed by atoms with Gasteiger partial charge in [0.2, 0.25) is 0 Å². The zero-order chi connectivity index (χ0) is 18.8. The molecule has 1 heterocycles. The number of nitriles is 1.